The number of carbonyl (C=O) groups excluding carboxylic acids is 1. The fourth-order valence-electron chi connectivity index (χ4n) is 1.82. The van der Waals surface area contributed by atoms with Crippen molar-refractivity contribution in [2.75, 3.05) is 5.32 Å². The predicted octanol–water partition coefficient (Wildman–Crippen LogP) is 4.88. The summed E-state index contributed by atoms with van der Waals surface area (Å²) in [5, 5.41) is 3.15. The molecule has 2 aromatic rings. The van der Waals surface area contributed by atoms with Gasteiger partial charge in [0.1, 0.15) is 11.5 Å². The Balaban J connectivity index is 2.26. The molecule has 1 aromatic heterocycles. The van der Waals surface area contributed by atoms with E-state index in [4.69, 9.17) is 11.6 Å². The van der Waals surface area contributed by atoms with Crippen molar-refractivity contribution in [3.63, 3.8) is 0 Å². The van der Waals surface area contributed by atoms with Crippen molar-refractivity contribution < 1.29 is 9.18 Å². The van der Waals surface area contributed by atoms with E-state index in [9.17, 15) is 9.18 Å². The average molecular weight is 360 g/mol. The Bertz CT molecular complexity index is 655. The highest BCUT2D eigenvalue weighted by Gasteiger charge is 2.15. The molecule has 0 spiro atoms. The number of hydrogen-bond acceptors (Lipinski definition) is 1. The first-order valence-corrected chi connectivity index (χ1v) is 7.19. The Morgan fingerprint density at radius 2 is 2.10 bits per heavy atom. The van der Waals surface area contributed by atoms with Crippen molar-refractivity contribution in [1.82, 2.24) is 4.57 Å². The number of halogens is 3. The molecule has 1 N–H and O–H groups in total. The van der Waals surface area contributed by atoms with Crippen LogP contribution in [-0.2, 0) is 0 Å². The van der Waals surface area contributed by atoms with Gasteiger partial charge in [-0.05, 0) is 54.0 Å². The van der Waals surface area contributed by atoms with Gasteiger partial charge in [0, 0.05) is 17.9 Å². The van der Waals surface area contributed by atoms with Gasteiger partial charge in [-0.3, -0.25) is 4.79 Å². The molecular weight excluding hydrogens is 347 g/mol. The number of nitrogens with one attached hydrogen (secondary N) is 1. The molecule has 0 bridgehead atoms. The molecule has 1 amide bonds. The molecule has 1 heterocycles. The number of amides is 1. The van der Waals surface area contributed by atoms with Crippen molar-refractivity contribution in [3.8, 4) is 0 Å². The third kappa shape index (κ3) is 3.22. The van der Waals surface area contributed by atoms with Gasteiger partial charge in [-0.2, -0.15) is 0 Å². The molecule has 6 heteroatoms. The lowest BCUT2D eigenvalue weighted by Crippen LogP contribution is -2.17. The quantitative estimate of drug-likeness (QED) is 0.833. The van der Waals surface area contributed by atoms with E-state index in [0.29, 0.717) is 20.9 Å². The topological polar surface area (TPSA) is 34.0 Å². The predicted molar refractivity (Wildman–Crippen MR) is 81.9 cm³/mol. The summed E-state index contributed by atoms with van der Waals surface area (Å²) < 4.78 is 15.5. The van der Waals surface area contributed by atoms with E-state index < -0.39 is 5.82 Å². The van der Waals surface area contributed by atoms with Gasteiger partial charge in [0.2, 0.25) is 0 Å². The molecule has 1 aromatic carbocycles. The Kier molecular flexibility index (Phi) is 4.50. The van der Waals surface area contributed by atoms with Gasteiger partial charge in [-0.15, -0.1) is 0 Å². The van der Waals surface area contributed by atoms with Crippen LogP contribution >= 0.6 is 27.5 Å². The highest BCUT2D eigenvalue weighted by atomic mass is 79.9. The van der Waals surface area contributed by atoms with Crippen LogP contribution in [0.1, 0.15) is 30.4 Å². The van der Waals surface area contributed by atoms with Crippen molar-refractivity contribution >= 4 is 39.1 Å². The van der Waals surface area contributed by atoms with Crippen LogP contribution in [-0.4, -0.2) is 10.5 Å². The van der Waals surface area contributed by atoms with Crippen LogP contribution in [0, 0.1) is 5.82 Å². The molecule has 0 aliphatic carbocycles. The fourth-order valence-corrected chi connectivity index (χ4v) is 2.28. The maximum absolute atomic E-state index is 13.4. The smallest absolute Gasteiger partial charge is 0.272 e. The Labute approximate surface area is 129 Å². The van der Waals surface area contributed by atoms with E-state index in [0.717, 1.165) is 0 Å². The second-order valence-electron chi connectivity index (χ2n) is 4.63. The van der Waals surface area contributed by atoms with Crippen LogP contribution in [0.4, 0.5) is 10.1 Å². The van der Waals surface area contributed by atoms with Gasteiger partial charge in [-0.25, -0.2) is 4.39 Å². The molecular formula is C14H13BrClFN2O. The second kappa shape index (κ2) is 5.97. The minimum absolute atomic E-state index is 0.102. The largest absolute Gasteiger partial charge is 0.339 e. The summed E-state index contributed by atoms with van der Waals surface area (Å²) in [6.45, 7) is 3.90. The Hall–Kier alpha value is -1.33. The first kappa shape index (κ1) is 15.1. The maximum Gasteiger partial charge on any atom is 0.272 e. The normalized spacial score (nSPS) is 10.9. The lowest BCUT2D eigenvalue weighted by molar-refractivity contribution is 0.101. The van der Waals surface area contributed by atoms with Crippen LogP contribution in [0.5, 0.6) is 0 Å². The molecule has 0 aliphatic rings. The Morgan fingerprint density at radius 1 is 1.40 bits per heavy atom. The number of nitrogens with zero attached hydrogens (tertiary/aromatic N) is 1. The standard InChI is InChI=1S/C14H13BrClFN2O/c1-8(2)19-7-9(16)5-13(19)14(20)18-10-3-4-11(15)12(17)6-10/h3-8H,1-2H3,(H,18,20). The molecule has 0 fully saturated rings. The lowest BCUT2D eigenvalue weighted by atomic mass is 10.3. The summed E-state index contributed by atoms with van der Waals surface area (Å²) in [5.74, 6) is -0.757. The summed E-state index contributed by atoms with van der Waals surface area (Å²) >= 11 is 9.00. The van der Waals surface area contributed by atoms with Crippen molar-refractivity contribution in [1.29, 1.82) is 0 Å². The van der Waals surface area contributed by atoms with Crippen LogP contribution < -0.4 is 5.32 Å². The average Bonchev–Trinajstić information content (AvgIpc) is 2.76. The SMILES string of the molecule is CC(C)n1cc(Cl)cc1C(=O)Nc1ccc(Br)c(F)c1. The Morgan fingerprint density at radius 3 is 2.70 bits per heavy atom. The van der Waals surface area contributed by atoms with Crippen molar-refractivity contribution in [3.05, 3.63) is 51.5 Å². The molecule has 0 saturated carbocycles. The molecule has 0 radical (unpaired) electrons. The number of hydrogen-bond donors (Lipinski definition) is 1. The number of anilines is 1. The first-order valence-electron chi connectivity index (χ1n) is 6.02. The van der Waals surface area contributed by atoms with Gasteiger partial charge >= 0.3 is 0 Å². The van der Waals surface area contributed by atoms with Gasteiger partial charge in [0.05, 0.1) is 9.50 Å². The molecule has 0 unspecified atom stereocenters. The zero-order chi connectivity index (χ0) is 14.9. The van der Waals surface area contributed by atoms with Crippen LogP contribution in [0.2, 0.25) is 5.02 Å². The number of carbonyl (C=O) groups is 1. The van der Waals surface area contributed by atoms with E-state index >= 15 is 0 Å². The monoisotopic (exact) mass is 358 g/mol. The van der Waals surface area contributed by atoms with Crippen LogP contribution in [0.3, 0.4) is 0 Å². The molecule has 3 nitrogen and oxygen atoms in total. The lowest BCUT2D eigenvalue weighted by Gasteiger charge is -2.12. The van der Waals surface area contributed by atoms with E-state index in [1.54, 1.807) is 29.0 Å². The number of benzene rings is 1. The molecule has 20 heavy (non-hydrogen) atoms. The summed E-state index contributed by atoms with van der Waals surface area (Å²) in [4.78, 5) is 12.2. The van der Waals surface area contributed by atoms with E-state index in [2.05, 4.69) is 21.2 Å². The highest BCUT2D eigenvalue weighted by molar-refractivity contribution is 9.10. The fraction of sp³-hybridized carbons (Fsp3) is 0.214. The van der Waals surface area contributed by atoms with Crippen LogP contribution in [0.25, 0.3) is 0 Å². The minimum atomic E-state index is -0.430. The van der Waals surface area contributed by atoms with Gasteiger partial charge in [0.15, 0.2) is 0 Å². The van der Waals surface area contributed by atoms with E-state index in [-0.39, 0.29) is 11.9 Å². The molecule has 0 aliphatic heterocycles. The van der Waals surface area contributed by atoms with E-state index in [1.165, 1.54) is 6.07 Å². The number of rotatable bonds is 3. The first-order chi connectivity index (χ1) is 9.38. The van der Waals surface area contributed by atoms with Crippen molar-refractivity contribution in [2.45, 2.75) is 19.9 Å². The van der Waals surface area contributed by atoms with Crippen LogP contribution in [0.15, 0.2) is 34.9 Å². The van der Waals surface area contributed by atoms with Gasteiger partial charge in [-0.1, -0.05) is 11.6 Å². The second-order valence-corrected chi connectivity index (χ2v) is 5.92. The van der Waals surface area contributed by atoms with Gasteiger partial charge < -0.3 is 9.88 Å². The van der Waals surface area contributed by atoms with E-state index in [1.807, 2.05) is 13.8 Å². The molecule has 0 saturated heterocycles. The van der Waals surface area contributed by atoms with Gasteiger partial charge in [0.25, 0.3) is 5.91 Å². The summed E-state index contributed by atoms with van der Waals surface area (Å²) in [7, 11) is 0. The minimum Gasteiger partial charge on any atom is -0.339 e. The molecule has 106 valence electrons. The zero-order valence-corrected chi connectivity index (χ0v) is 13.3. The van der Waals surface area contributed by atoms with Crippen molar-refractivity contribution in [2.24, 2.45) is 0 Å². The maximum atomic E-state index is 13.4. The number of aromatic nitrogens is 1. The summed E-state index contributed by atoms with van der Waals surface area (Å²) in [6, 6.07) is 6.11. The third-order valence-corrected chi connectivity index (χ3v) is 3.63. The molecule has 0 atom stereocenters. The summed E-state index contributed by atoms with van der Waals surface area (Å²) in [5.41, 5.74) is 0.830. The molecule has 2 rings (SSSR count). The zero-order valence-electron chi connectivity index (χ0n) is 11.0. The highest BCUT2D eigenvalue weighted by Crippen LogP contribution is 2.22. The summed E-state index contributed by atoms with van der Waals surface area (Å²) in [6.07, 6.45) is 1.70. The third-order valence-electron chi connectivity index (χ3n) is 2.78.